The predicted octanol–water partition coefficient (Wildman–Crippen LogP) is 3.02. The van der Waals surface area contributed by atoms with Gasteiger partial charge >= 0.3 is 6.18 Å². The molecule has 0 bridgehead atoms. The number of nitrogens with zero attached hydrogens (tertiary/aromatic N) is 3. The quantitative estimate of drug-likeness (QED) is 0.623. The highest BCUT2D eigenvalue weighted by Crippen LogP contribution is 2.31. The molecule has 0 atom stereocenters. The molecule has 0 radical (unpaired) electrons. The minimum atomic E-state index is -4.49. The van der Waals surface area contributed by atoms with E-state index in [1.165, 1.54) is 24.4 Å². The number of benzene rings is 1. The van der Waals surface area contributed by atoms with E-state index in [1.807, 2.05) is 0 Å². The Morgan fingerprint density at radius 2 is 1.97 bits per heavy atom. The zero-order valence-corrected chi connectivity index (χ0v) is 16.8. The number of rotatable bonds is 5. The van der Waals surface area contributed by atoms with Gasteiger partial charge in [0.15, 0.2) is 0 Å². The molecule has 1 fully saturated rings. The van der Waals surface area contributed by atoms with Gasteiger partial charge in [-0.05, 0) is 49.0 Å². The van der Waals surface area contributed by atoms with Crippen LogP contribution >= 0.6 is 11.5 Å². The van der Waals surface area contributed by atoms with E-state index in [-0.39, 0.29) is 17.8 Å². The lowest BCUT2D eigenvalue weighted by Gasteiger charge is -2.36. The van der Waals surface area contributed by atoms with Crippen molar-refractivity contribution < 1.29 is 23.1 Å². The number of aromatic nitrogens is 3. The summed E-state index contributed by atoms with van der Waals surface area (Å²) >= 11 is 1.08. The van der Waals surface area contributed by atoms with Gasteiger partial charge in [0.05, 0.1) is 28.7 Å². The molecular weight excluding hydrogens is 433 g/mol. The van der Waals surface area contributed by atoms with E-state index in [4.69, 9.17) is 0 Å². The van der Waals surface area contributed by atoms with E-state index >= 15 is 0 Å². The van der Waals surface area contributed by atoms with Crippen molar-refractivity contribution in [1.29, 1.82) is 0 Å². The van der Waals surface area contributed by atoms with Crippen LogP contribution in [0.5, 0.6) is 0 Å². The SMILES string of the molecule is O=C(NCC1(O)CCC1)c1cc(-c2ccc(C(F)(F)F)cc2)nn(-c2cnsc2)c1=O. The van der Waals surface area contributed by atoms with E-state index in [2.05, 4.69) is 14.8 Å². The molecule has 1 aromatic carbocycles. The molecule has 0 spiro atoms. The average molecular weight is 450 g/mol. The molecule has 1 amide bonds. The zero-order valence-electron chi connectivity index (χ0n) is 16.0. The summed E-state index contributed by atoms with van der Waals surface area (Å²) in [7, 11) is 0. The van der Waals surface area contributed by atoms with Crippen LogP contribution in [0.15, 0.2) is 46.7 Å². The van der Waals surface area contributed by atoms with E-state index in [9.17, 15) is 27.9 Å². The van der Waals surface area contributed by atoms with Crippen LogP contribution in [0.4, 0.5) is 13.2 Å². The first-order valence-corrected chi connectivity index (χ1v) is 10.2. The first kappa shape index (κ1) is 21.2. The number of hydrogen-bond acceptors (Lipinski definition) is 6. The van der Waals surface area contributed by atoms with Crippen LogP contribution in [0.2, 0.25) is 0 Å². The monoisotopic (exact) mass is 450 g/mol. The van der Waals surface area contributed by atoms with Gasteiger partial charge in [-0.2, -0.15) is 27.3 Å². The van der Waals surface area contributed by atoms with Gasteiger partial charge in [0.2, 0.25) is 0 Å². The highest BCUT2D eigenvalue weighted by molar-refractivity contribution is 7.03. The largest absolute Gasteiger partial charge is 0.416 e. The minimum Gasteiger partial charge on any atom is -0.388 e. The first-order valence-electron chi connectivity index (χ1n) is 9.39. The standard InChI is InChI=1S/C20H17F3N4O3S/c21-20(22,23)13-4-2-12(3-5-13)16-8-15(17(28)24-11-19(30)6-1-7-19)18(29)27(26-16)14-9-25-31-10-14/h2-5,8-10,30H,1,6-7,11H2,(H,24,28). The Morgan fingerprint density at radius 1 is 1.26 bits per heavy atom. The molecule has 7 nitrogen and oxygen atoms in total. The van der Waals surface area contributed by atoms with Crippen LogP contribution in [-0.2, 0) is 6.18 Å². The molecule has 2 aromatic heterocycles. The average Bonchev–Trinajstić information content (AvgIpc) is 3.25. The lowest BCUT2D eigenvalue weighted by Crippen LogP contribution is -2.48. The first-order chi connectivity index (χ1) is 14.7. The minimum absolute atomic E-state index is 0.00319. The van der Waals surface area contributed by atoms with Crippen molar-refractivity contribution in [3.05, 3.63) is 63.4 Å². The van der Waals surface area contributed by atoms with Crippen molar-refractivity contribution in [2.45, 2.75) is 31.0 Å². The molecule has 2 N–H and O–H groups in total. The molecule has 162 valence electrons. The Bertz CT molecular complexity index is 1150. The zero-order chi connectivity index (χ0) is 22.2. The normalized spacial score (nSPS) is 15.4. The van der Waals surface area contributed by atoms with Crippen LogP contribution in [-0.4, -0.2) is 37.3 Å². The molecule has 31 heavy (non-hydrogen) atoms. The highest BCUT2D eigenvalue weighted by atomic mass is 32.1. The van der Waals surface area contributed by atoms with E-state index in [1.54, 1.807) is 5.38 Å². The second-order valence-electron chi connectivity index (χ2n) is 7.38. The molecule has 1 aliphatic rings. The van der Waals surface area contributed by atoms with E-state index < -0.39 is 28.8 Å². The van der Waals surface area contributed by atoms with Gasteiger partial charge in [0.1, 0.15) is 5.56 Å². The Balaban J connectivity index is 1.73. The molecule has 1 saturated carbocycles. The number of hydrogen-bond donors (Lipinski definition) is 2. The fourth-order valence-electron chi connectivity index (χ4n) is 3.21. The maximum Gasteiger partial charge on any atom is 0.416 e. The molecule has 0 unspecified atom stereocenters. The van der Waals surface area contributed by atoms with Gasteiger partial charge < -0.3 is 10.4 Å². The number of alkyl halides is 3. The Labute approximate surface area is 178 Å². The van der Waals surface area contributed by atoms with Crippen LogP contribution in [0.25, 0.3) is 16.9 Å². The summed E-state index contributed by atoms with van der Waals surface area (Å²) in [5.74, 6) is -0.696. The smallest absolute Gasteiger partial charge is 0.388 e. The van der Waals surface area contributed by atoms with Crippen molar-refractivity contribution in [3.8, 4) is 16.9 Å². The summed E-state index contributed by atoms with van der Waals surface area (Å²) in [5.41, 5.74) is -1.96. The number of nitrogens with one attached hydrogen (secondary N) is 1. The van der Waals surface area contributed by atoms with Gasteiger partial charge in [-0.15, -0.1) is 0 Å². The Kier molecular flexibility index (Phi) is 5.40. The molecule has 1 aliphatic carbocycles. The molecule has 4 rings (SSSR count). The number of amides is 1. The summed E-state index contributed by atoms with van der Waals surface area (Å²) in [5, 5.41) is 18.5. The van der Waals surface area contributed by atoms with Gasteiger partial charge in [0.25, 0.3) is 11.5 Å². The van der Waals surface area contributed by atoms with Crippen LogP contribution < -0.4 is 10.9 Å². The van der Waals surface area contributed by atoms with Gasteiger partial charge in [0, 0.05) is 17.5 Å². The maximum absolute atomic E-state index is 12.9. The summed E-state index contributed by atoms with van der Waals surface area (Å²) in [4.78, 5) is 25.6. The van der Waals surface area contributed by atoms with Crippen molar-refractivity contribution >= 4 is 17.4 Å². The number of aliphatic hydroxyl groups is 1. The van der Waals surface area contributed by atoms with Gasteiger partial charge in [-0.3, -0.25) is 9.59 Å². The second kappa shape index (κ2) is 7.89. The fraction of sp³-hybridized carbons (Fsp3) is 0.300. The van der Waals surface area contributed by atoms with Gasteiger partial charge in [-0.1, -0.05) is 12.1 Å². The maximum atomic E-state index is 12.9. The Morgan fingerprint density at radius 3 is 2.52 bits per heavy atom. The van der Waals surface area contributed by atoms with Crippen LogP contribution in [0, 0.1) is 0 Å². The lowest BCUT2D eigenvalue weighted by atomic mass is 9.80. The van der Waals surface area contributed by atoms with Crippen molar-refractivity contribution in [2.75, 3.05) is 6.54 Å². The van der Waals surface area contributed by atoms with E-state index in [0.717, 1.165) is 34.8 Å². The van der Waals surface area contributed by atoms with Crippen molar-refractivity contribution in [3.63, 3.8) is 0 Å². The molecule has 2 heterocycles. The van der Waals surface area contributed by atoms with Crippen molar-refractivity contribution in [2.24, 2.45) is 0 Å². The Hall–Kier alpha value is -3.05. The third-order valence-electron chi connectivity index (χ3n) is 5.19. The third kappa shape index (κ3) is 4.37. The summed E-state index contributed by atoms with van der Waals surface area (Å²) < 4.78 is 43.5. The number of carbonyl (C=O) groups excluding carboxylic acids is 1. The summed E-state index contributed by atoms with van der Waals surface area (Å²) in [6.45, 7) is 0.00319. The predicted molar refractivity (Wildman–Crippen MR) is 107 cm³/mol. The van der Waals surface area contributed by atoms with Crippen molar-refractivity contribution in [1.82, 2.24) is 19.5 Å². The second-order valence-corrected chi connectivity index (χ2v) is 8.04. The van der Waals surface area contributed by atoms with Crippen LogP contribution in [0.1, 0.15) is 35.2 Å². The molecule has 0 saturated heterocycles. The number of carbonyl (C=O) groups is 1. The highest BCUT2D eigenvalue weighted by Gasteiger charge is 2.35. The molecular formula is C20H17F3N4O3S. The van der Waals surface area contributed by atoms with Crippen LogP contribution in [0.3, 0.4) is 0 Å². The molecule has 0 aliphatic heterocycles. The fourth-order valence-corrected chi connectivity index (χ4v) is 3.71. The topological polar surface area (TPSA) is 97.1 Å². The van der Waals surface area contributed by atoms with E-state index in [0.29, 0.717) is 24.1 Å². The molecule has 11 heteroatoms. The molecule has 3 aromatic rings. The number of halogens is 3. The lowest BCUT2D eigenvalue weighted by molar-refractivity contribution is -0.137. The third-order valence-corrected chi connectivity index (χ3v) is 5.76. The summed E-state index contributed by atoms with van der Waals surface area (Å²) in [6, 6.07) is 5.51. The van der Waals surface area contributed by atoms with Gasteiger partial charge in [-0.25, -0.2) is 0 Å². The summed E-state index contributed by atoms with van der Waals surface area (Å²) in [6.07, 6.45) is -1.11.